The number of benzene rings is 2. The van der Waals surface area contributed by atoms with Crippen LogP contribution in [0.15, 0.2) is 47.3 Å². The Labute approximate surface area is 186 Å². The number of aromatic nitrogens is 3. The number of imidazole rings is 1. The molecule has 32 heavy (non-hydrogen) atoms. The molecule has 7 heteroatoms. The third-order valence-electron chi connectivity index (χ3n) is 7.25. The summed E-state index contributed by atoms with van der Waals surface area (Å²) in [4.78, 5) is 28.9. The van der Waals surface area contributed by atoms with Crippen LogP contribution in [0.3, 0.4) is 0 Å². The fourth-order valence-corrected chi connectivity index (χ4v) is 5.25. The van der Waals surface area contributed by atoms with Crippen molar-refractivity contribution in [1.29, 1.82) is 0 Å². The quantitative estimate of drug-likeness (QED) is 0.462. The monoisotopic (exact) mass is 428 g/mol. The average Bonchev–Trinajstić information content (AvgIpc) is 3.15. The molecule has 1 saturated carbocycles. The standard InChI is InChI=1S/C25H28N6O/c1-15-14-30(16-5-4-6-16)11-12-31(15)17-9-10-20-21(13-17)28-24(27-20)22-23(26)18-7-2-3-8-19(18)29-25(22)32/h2-3,7-10,13,15-16H,4-6,11-12,14H2,1H3,(H,27,28)(H3,26,29,32)/t15-/m0/s1. The van der Waals surface area contributed by atoms with Gasteiger partial charge in [-0.15, -0.1) is 0 Å². The fourth-order valence-electron chi connectivity index (χ4n) is 5.25. The van der Waals surface area contributed by atoms with Gasteiger partial charge < -0.3 is 20.6 Å². The molecule has 164 valence electrons. The van der Waals surface area contributed by atoms with Crippen LogP contribution in [0.4, 0.5) is 11.4 Å². The Morgan fingerprint density at radius 2 is 1.91 bits per heavy atom. The van der Waals surface area contributed by atoms with Gasteiger partial charge >= 0.3 is 0 Å². The number of nitrogens with zero attached hydrogens (tertiary/aromatic N) is 3. The van der Waals surface area contributed by atoms with Crippen molar-refractivity contribution in [2.45, 2.75) is 38.3 Å². The summed E-state index contributed by atoms with van der Waals surface area (Å²) in [7, 11) is 0. The van der Waals surface area contributed by atoms with E-state index in [0.29, 0.717) is 23.1 Å². The van der Waals surface area contributed by atoms with Crippen molar-refractivity contribution >= 4 is 33.3 Å². The lowest BCUT2D eigenvalue weighted by Gasteiger charge is -2.46. The molecule has 4 aromatic rings. The first-order valence-electron chi connectivity index (χ1n) is 11.5. The Morgan fingerprint density at radius 1 is 1.06 bits per heavy atom. The van der Waals surface area contributed by atoms with E-state index in [1.807, 2.05) is 30.3 Å². The summed E-state index contributed by atoms with van der Waals surface area (Å²) in [6, 6.07) is 15.1. The zero-order chi connectivity index (χ0) is 21.8. The van der Waals surface area contributed by atoms with Crippen LogP contribution in [0.1, 0.15) is 26.2 Å². The Bertz CT molecular complexity index is 1370. The Morgan fingerprint density at radius 3 is 2.69 bits per heavy atom. The van der Waals surface area contributed by atoms with E-state index in [2.05, 4.69) is 43.8 Å². The number of nitrogen functional groups attached to an aromatic ring is 1. The average molecular weight is 429 g/mol. The molecule has 0 bridgehead atoms. The number of rotatable bonds is 3. The van der Waals surface area contributed by atoms with E-state index in [1.54, 1.807) is 0 Å². The Balaban J connectivity index is 1.34. The summed E-state index contributed by atoms with van der Waals surface area (Å²) in [6.07, 6.45) is 4.09. The van der Waals surface area contributed by atoms with E-state index in [4.69, 9.17) is 5.73 Å². The Kier molecular flexibility index (Phi) is 4.47. The molecule has 0 unspecified atom stereocenters. The van der Waals surface area contributed by atoms with Gasteiger partial charge in [-0.1, -0.05) is 24.6 Å². The van der Waals surface area contributed by atoms with E-state index in [1.165, 1.54) is 24.9 Å². The zero-order valence-corrected chi connectivity index (χ0v) is 18.3. The molecule has 1 aliphatic heterocycles. The molecule has 1 atom stereocenters. The number of fused-ring (bicyclic) bond motifs is 2. The summed E-state index contributed by atoms with van der Waals surface area (Å²) >= 11 is 0. The van der Waals surface area contributed by atoms with Gasteiger partial charge in [0.25, 0.3) is 5.56 Å². The molecule has 2 aromatic heterocycles. The van der Waals surface area contributed by atoms with Gasteiger partial charge in [0, 0.05) is 42.8 Å². The zero-order valence-electron chi connectivity index (χ0n) is 18.3. The minimum absolute atomic E-state index is 0.235. The molecule has 2 fully saturated rings. The summed E-state index contributed by atoms with van der Waals surface area (Å²) in [5, 5.41) is 0.821. The first-order valence-corrected chi connectivity index (χ1v) is 11.5. The molecule has 1 aliphatic carbocycles. The van der Waals surface area contributed by atoms with E-state index in [0.717, 1.165) is 47.6 Å². The van der Waals surface area contributed by atoms with Crippen LogP contribution in [0, 0.1) is 0 Å². The topological polar surface area (TPSA) is 94.0 Å². The molecule has 1 saturated heterocycles. The summed E-state index contributed by atoms with van der Waals surface area (Å²) < 4.78 is 0. The highest BCUT2D eigenvalue weighted by Gasteiger charge is 2.31. The highest BCUT2D eigenvalue weighted by Crippen LogP contribution is 2.32. The van der Waals surface area contributed by atoms with Gasteiger partial charge in [0.05, 0.1) is 22.2 Å². The molecule has 2 aliphatic rings. The van der Waals surface area contributed by atoms with E-state index in [-0.39, 0.29) is 5.56 Å². The van der Waals surface area contributed by atoms with Gasteiger partial charge in [-0.05, 0) is 44.0 Å². The van der Waals surface area contributed by atoms with Gasteiger partial charge in [0.2, 0.25) is 0 Å². The van der Waals surface area contributed by atoms with Gasteiger partial charge in [-0.3, -0.25) is 9.69 Å². The lowest BCUT2D eigenvalue weighted by atomic mass is 9.90. The SMILES string of the molecule is C[C@H]1CN(C2CCC2)CCN1c1ccc2nc(-c3c(N)c4ccccc4[nH]c3=O)[nH]c2c1. The fraction of sp³-hybridized carbons (Fsp3) is 0.360. The number of hydrogen-bond donors (Lipinski definition) is 3. The second-order valence-corrected chi connectivity index (χ2v) is 9.20. The van der Waals surface area contributed by atoms with Crippen LogP contribution in [0.25, 0.3) is 33.3 Å². The Hall–Kier alpha value is -3.32. The van der Waals surface area contributed by atoms with Crippen molar-refractivity contribution in [2.24, 2.45) is 0 Å². The number of piperazine rings is 1. The predicted octanol–water partition coefficient (Wildman–Crippen LogP) is 3.72. The number of para-hydroxylation sites is 1. The van der Waals surface area contributed by atoms with Crippen molar-refractivity contribution in [3.8, 4) is 11.4 Å². The largest absolute Gasteiger partial charge is 0.397 e. The maximum Gasteiger partial charge on any atom is 0.261 e. The molecule has 0 spiro atoms. The minimum Gasteiger partial charge on any atom is -0.397 e. The molecular formula is C25H28N6O. The van der Waals surface area contributed by atoms with Crippen LogP contribution in [0.5, 0.6) is 0 Å². The van der Waals surface area contributed by atoms with Gasteiger partial charge in [-0.25, -0.2) is 4.98 Å². The molecule has 3 heterocycles. The lowest BCUT2D eigenvalue weighted by molar-refractivity contribution is 0.106. The number of H-pyrrole nitrogens is 2. The normalized spacial score (nSPS) is 20.2. The molecular weight excluding hydrogens is 400 g/mol. The number of hydrogen-bond acceptors (Lipinski definition) is 5. The van der Waals surface area contributed by atoms with Crippen LogP contribution in [0.2, 0.25) is 0 Å². The highest BCUT2D eigenvalue weighted by atomic mass is 16.1. The van der Waals surface area contributed by atoms with E-state index >= 15 is 0 Å². The van der Waals surface area contributed by atoms with Crippen molar-refractivity contribution in [1.82, 2.24) is 19.9 Å². The van der Waals surface area contributed by atoms with Gasteiger partial charge in [0.15, 0.2) is 0 Å². The number of nitrogens with two attached hydrogens (primary N) is 1. The predicted molar refractivity (Wildman–Crippen MR) is 130 cm³/mol. The molecule has 6 rings (SSSR count). The minimum atomic E-state index is -0.235. The van der Waals surface area contributed by atoms with Crippen LogP contribution < -0.4 is 16.2 Å². The van der Waals surface area contributed by atoms with Crippen molar-refractivity contribution in [2.75, 3.05) is 30.3 Å². The third-order valence-corrected chi connectivity index (χ3v) is 7.25. The summed E-state index contributed by atoms with van der Waals surface area (Å²) in [6.45, 7) is 5.56. The molecule has 4 N–H and O–H groups in total. The number of aromatic amines is 2. The van der Waals surface area contributed by atoms with Crippen LogP contribution >= 0.6 is 0 Å². The van der Waals surface area contributed by atoms with Crippen LogP contribution in [-0.2, 0) is 0 Å². The maximum absolute atomic E-state index is 12.8. The third kappa shape index (κ3) is 3.07. The number of pyridine rings is 1. The summed E-state index contributed by atoms with van der Waals surface area (Å²) in [5.41, 5.74) is 10.7. The molecule has 7 nitrogen and oxygen atoms in total. The van der Waals surface area contributed by atoms with Crippen molar-refractivity contribution < 1.29 is 0 Å². The second-order valence-electron chi connectivity index (χ2n) is 9.20. The second kappa shape index (κ2) is 7.38. The van der Waals surface area contributed by atoms with Crippen molar-refractivity contribution in [3.05, 3.63) is 52.8 Å². The smallest absolute Gasteiger partial charge is 0.261 e. The van der Waals surface area contributed by atoms with E-state index < -0.39 is 0 Å². The number of nitrogens with one attached hydrogen (secondary N) is 2. The first kappa shape index (κ1) is 19.4. The molecule has 0 amide bonds. The van der Waals surface area contributed by atoms with Gasteiger partial charge in [-0.2, -0.15) is 0 Å². The van der Waals surface area contributed by atoms with Crippen molar-refractivity contribution in [3.63, 3.8) is 0 Å². The van der Waals surface area contributed by atoms with Gasteiger partial charge in [0.1, 0.15) is 11.4 Å². The van der Waals surface area contributed by atoms with E-state index in [9.17, 15) is 4.79 Å². The summed E-state index contributed by atoms with van der Waals surface area (Å²) in [5.74, 6) is 0.504. The molecule has 0 radical (unpaired) electrons. The highest BCUT2D eigenvalue weighted by molar-refractivity contribution is 5.97. The first-order chi connectivity index (χ1) is 15.6. The lowest BCUT2D eigenvalue weighted by Crippen LogP contribution is -2.56. The van der Waals surface area contributed by atoms with Crippen LogP contribution in [-0.4, -0.2) is 51.6 Å². The maximum atomic E-state index is 12.8. The number of anilines is 2. The molecule has 2 aromatic carbocycles.